The van der Waals surface area contributed by atoms with Crippen LogP contribution in [-0.2, 0) is 6.42 Å². The molecule has 112 valence electrons. The van der Waals surface area contributed by atoms with Gasteiger partial charge >= 0.3 is 0 Å². The summed E-state index contributed by atoms with van der Waals surface area (Å²) < 4.78 is 0. The molecule has 0 bridgehead atoms. The van der Waals surface area contributed by atoms with Gasteiger partial charge in [-0.3, -0.25) is 0 Å². The number of aromatic nitrogens is 2. The zero-order valence-electron chi connectivity index (χ0n) is 11.7. The first kappa shape index (κ1) is 14.8. The highest BCUT2D eigenvalue weighted by molar-refractivity contribution is 7.80. The van der Waals surface area contributed by atoms with Gasteiger partial charge < -0.3 is 16.0 Å². The Morgan fingerprint density at radius 3 is 2.64 bits per heavy atom. The Morgan fingerprint density at radius 1 is 1.23 bits per heavy atom. The van der Waals surface area contributed by atoms with Gasteiger partial charge in [-0.1, -0.05) is 35.9 Å². The van der Waals surface area contributed by atoms with E-state index >= 15 is 0 Å². The molecule has 4 N–H and O–H groups in total. The minimum Gasteiger partial charge on any atom is -0.376 e. The zero-order valence-corrected chi connectivity index (χ0v) is 13.3. The number of halogens is 1. The normalized spacial score (nSPS) is 12.2. The summed E-state index contributed by atoms with van der Waals surface area (Å²) in [7, 11) is 0. The van der Waals surface area contributed by atoms with E-state index in [0.717, 1.165) is 22.4 Å². The van der Waals surface area contributed by atoms with Crippen molar-refractivity contribution in [3.63, 3.8) is 0 Å². The summed E-state index contributed by atoms with van der Waals surface area (Å²) >= 11 is 10.9. The van der Waals surface area contributed by atoms with Crippen LogP contribution in [0.1, 0.15) is 17.4 Å². The number of hydrogen-bond donors (Lipinski definition) is 3. The summed E-state index contributed by atoms with van der Waals surface area (Å²) in [6, 6.07) is 15.5. The summed E-state index contributed by atoms with van der Waals surface area (Å²) in [5, 5.41) is 4.07. The zero-order chi connectivity index (χ0) is 15.5. The molecule has 22 heavy (non-hydrogen) atoms. The smallest absolute Gasteiger partial charge is 0.164 e. The fourth-order valence-electron chi connectivity index (χ4n) is 2.41. The average Bonchev–Trinajstić information content (AvgIpc) is 2.89. The van der Waals surface area contributed by atoms with Gasteiger partial charge in [0.05, 0.1) is 17.1 Å². The van der Waals surface area contributed by atoms with Gasteiger partial charge in [0.15, 0.2) is 5.11 Å². The molecule has 1 aromatic heterocycles. The Morgan fingerprint density at radius 2 is 1.95 bits per heavy atom. The number of nitrogens with zero attached hydrogens (tertiary/aromatic N) is 1. The second-order valence-electron chi connectivity index (χ2n) is 5.02. The summed E-state index contributed by atoms with van der Waals surface area (Å²) in [6.07, 6.45) is 0.646. The number of fused-ring (bicyclic) bond motifs is 1. The number of para-hydroxylation sites is 2. The van der Waals surface area contributed by atoms with Gasteiger partial charge in [-0.15, -0.1) is 0 Å². The van der Waals surface area contributed by atoms with Gasteiger partial charge in [0.2, 0.25) is 0 Å². The lowest BCUT2D eigenvalue weighted by molar-refractivity contribution is 0.628. The van der Waals surface area contributed by atoms with Gasteiger partial charge in [-0.25, -0.2) is 4.98 Å². The minimum absolute atomic E-state index is 0.0599. The third kappa shape index (κ3) is 3.37. The van der Waals surface area contributed by atoms with Crippen molar-refractivity contribution in [2.75, 3.05) is 0 Å². The van der Waals surface area contributed by atoms with E-state index in [0.29, 0.717) is 11.4 Å². The Bertz CT molecular complexity index is 764. The van der Waals surface area contributed by atoms with Crippen molar-refractivity contribution in [1.82, 2.24) is 15.3 Å². The number of rotatable bonds is 4. The van der Waals surface area contributed by atoms with Crippen molar-refractivity contribution in [2.45, 2.75) is 12.5 Å². The van der Waals surface area contributed by atoms with Crippen molar-refractivity contribution in [3.8, 4) is 0 Å². The summed E-state index contributed by atoms with van der Waals surface area (Å²) in [4.78, 5) is 7.92. The molecule has 4 nitrogen and oxygen atoms in total. The summed E-state index contributed by atoms with van der Waals surface area (Å²) in [5.74, 6) is 0.880. The molecular formula is C16H15ClN4S. The Hall–Kier alpha value is -2.11. The molecule has 0 amide bonds. The van der Waals surface area contributed by atoms with Crippen LogP contribution in [0.25, 0.3) is 11.0 Å². The van der Waals surface area contributed by atoms with Crippen LogP contribution >= 0.6 is 23.8 Å². The highest BCUT2D eigenvalue weighted by Gasteiger charge is 2.15. The molecule has 3 rings (SSSR count). The number of nitrogens with two attached hydrogens (primary N) is 1. The second kappa shape index (κ2) is 6.34. The number of benzene rings is 2. The number of aromatic amines is 1. The van der Waals surface area contributed by atoms with E-state index in [9.17, 15) is 0 Å². The largest absolute Gasteiger partial charge is 0.376 e. The second-order valence-corrected chi connectivity index (χ2v) is 5.89. The topological polar surface area (TPSA) is 66.7 Å². The van der Waals surface area contributed by atoms with Gasteiger partial charge in [0.1, 0.15) is 5.82 Å². The maximum Gasteiger partial charge on any atom is 0.164 e. The molecular weight excluding hydrogens is 316 g/mol. The average molecular weight is 331 g/mol. The number of hydrogen-bond acceptors (Lipinski definition) is 2. The van der Waals surface area contributed by atoms with Crippen molar-refractivity contribution in [1.29, 1.82) is 0 Å². The van der Waals surface area contributed by atoms with Crippen LogP contribution in [-0.4, -0.2) is 15.1 Å². The van der Waals surface area contributed by atoms with E-state index in [1.807, 2.05) is 48.5 Å². The Balaban J connectivity index is 1.88. The quantitative estimate of drug-likeness (QED) is 0.642. The predicted molar refractivity (Wildman–Crippen MR) is 93.9 cm³/mol. The molecule has 0 saturated heterocycles. The van der Waals surface area contributed by atoms with Crippen molar-refractivity contribution in [2.24, 2.45) is 5.73 Å². The SMILES string of the molecule is NC(=S)NC(Cc1nc2ccccc2[nH]1)c1ccc(Cl)cc1. The third-order valence-corrected chi connectivity index (χ3v) is 3.79. The molecule has 0 aliphatic rings. The van der Waals surface area contributed by atoms with Gasteiger partial charge in [-0.2, -0.15) is 0 Å². The molecule has 6 heteroatoms. The molecule has 0 aliphatic carbocycles. The van der Waals surface area contributed by atoms with E-state index in [2.05, 4.69) is 15.3 Å². The summed E-state index contributed by atoms with van der Waals surface area (Å²) in [6.45, 7) is 0. The first-order valence-corrected chi connectivity index (χ1v) is 7.65. The van der Waals surface area contributed by atoms with E-state index < -0.39 is 0 Å². The molecule has 0 spiro atoms. The Labute approximate surface area is 138 Å². The third-order valence-electron chi connectivity index (χ3n) is 3.42. The maximum absolute atomic E-state index is 5.95. The number of H-pyrrole nitrogens is 1. The van der Waals surface area contributed by atoms with Crippen LogP contribution in [0.15, 0.2) is 48.5 Å². The molecule has 0 radical (unpaired) electrons. The van der Waals surface area contributed by atoms with E-state index in [-0.39, 0.29) is 11.2 Å². The lowest BCUT2D eigenvalue weighted by Gasteiger charge is -2.18. The lowest BCUT2D eigenvalue weighted by Crippen LogP contribution is -2.34. The standard InChI is InChI=1S/C16H15ClN4S/c17-11-7-5-10(6-8-11)14(21-16(18)22)9-15-19-12-3-1-2-4-13(12)20-15/h1-8,14H,9H2,(H,19,20)(H3,18,21,22). The van der Waals surface area contributed by atoms with Crippen molar-refractivity contribution >= 4 is 40.0 Å². The van der Waals surface area contributed by atoms with Crippen LogP contribution in [0.5, 0.6) is 0 Å². The number of nitrogens with one attached hydrogen (secondary N) is 2. The van der Waals surface area contributed by atoms with Gasteiger partial charge in [-0.05, 0) is 42.0 Å². The number of imidazole rings is 1. The van der Waals surface area contributed by atoms with E-state index in [1.54, 1.807) is 0 Å². The first-order chi connectivity index (χ1) is 10.6. The highest BCUT2D eigenvalue weighted by atomic mass is 35.5. The van der Waals surface area contributed by atoms with Gasteiger partial charge in [0.25, 0.3) is 0 Å². The predicted octanol–water partition coefficient (Wildman–Crippen LogP) is 3.33. The fraction of sp³-hybridized carbons (Fsp3) is 0.125. The maximum atomic E-state index is 5.95. The fourth-order valence-corrected chi connectivity index (χ4v) is 2.68. The molecule has 1 unspecified atom stereocenters. The van der Waals surface area contributed by atoms with E-state index in [4.69, 9.17) is 29.6 Å². The molecule has 2 aromatic carbocycles. The van der Waals surface area contributed by atoms with Crippen LogP contribution in [0.3, 0.4) is 0 Å². The molecule has 3 aromatic rings. The van der Waals surface area contributed by atoms with Crippen LogP contribution < -0.4 is 11.1 Å². The van der Waals surface area contributed by atoms with Crippen LogP contribution in [0.2, 0.25) is 5.02 Å². The highest BCUT2D eigenvalue weighted by Crippen LogP contribution is 2.21. The number of thiocarbonyl (C=S) groups is 1. The van der Waals surface area contributed by atoms with Crippen molar-refractivity contribution < 1.29 is 0 Å². The van der Waals surface area contributed by atoms with Crippen LogP contribution in [0, 0.1) is 0 Å². The van der Waals surface area contributed by atoms with Crippen molar-refractivity contribution in [3.05, 3.63) is 64.9 Å². The lowest BCUT2D eigenvalue weighted by atomic mass is 10.0. The first-order valence-electron chi connectivity index (χ1n) is 6.87. The summed E-state index contributed by atoms with van der Waals surface area (Å²) in [5.41, 5.74) is 8.67. The Kier molecular flexibility index (Phi) is 4.27. The molecule has 0 fully saturated rings. The molecule has 0 saturated carbocycles. The monoisotopic (exact) mass is 330 g/mol. The molecule has 1 atom stereocenters. The molecule has 1 heterocycles. The molecule has 0 aliphatic heterocycles. The van der Waals surface area contributed by atoms with E-state index in [1.165, 1.54) is 0 Å². The van der Waals surface area contributed by atoms with Gasteiger partial charge in [0, 0.05) is 11.4 Å². The van der Waals surface area contributed by atoms with Crippen LogP contribution in [0.4, 0.5) is 0 Å². The minimum atomic E-state index is -0.0599.